The van der Waals surface area contributed by atoms with E-state index >= 15 is 0 Å². The van der Waals surface area contributed by atoms with Crippen molar-refractivity contribution in [3.05, 3.63) is 53.6 Å². The van der Waals surface area contributed by atoms with Crippen molar-refractivity contribution in [2.24, 2.45) is 0 Å². The van der Waals surface area contributed by atoms with E-state index in [9.17, 15) is 22.6 Å². The fraction of sp³-hybridized carbons (Fsp3) is 0.125. The van der Waals surface area contributed by atoms with E-state index in [1.807, 2.05) is 0 Å². The Morgan fingerprint density at radius 2 is 1.58 bits per heavy atom. The van der Waals surface area contributed by atoms with Crippen LogP contribution in [0, 0.1) is 0 Å². The van der Waals surface area contributed by atoms with E-state index in [0.717, 1.165) is 0 Å². The Morgan fingerprint density at radius 1 is 1.00 bits per heavy atom. The number of hydrogen-bond donors (Lipinski definition) is 3. The summed E-state index contributed by atoms with van der Waals surface area (Å²) in [6.45, 7) is 1.41. The van der Waals surface area contributed by atoms with Crippen LogP contribution >= 0.6 is 0 Å². The molecule has 0 aliphatic carbocycles. The second-order valence-electron chi connectivity index (χ2n) is 5.02. The second kappa shape index (κ2) is 6.81. The van der Waals surface area contributed by atoms with Gasteiger partial charge in [-0.3, -0.25) is 14.1 Å². The molecule has 0 unspecified atom stereocenters. The van der Waals surface area contributed by atoms with E-state index in [0.29, 0.717) is 11.3 Å². The molecule has 2 aromatic carbocycles. The average Bonchev–Trinajstić information content (AvgIpc) is 2.54. The lowest BCUT2D eigenvalue weighted by atomic mass is 10.1. The number of anilines is 2. The third-order valence-electron chi connectivity index (χ3n) is 3.35. The second-order valence-corrected chi connectivity index (χ2v) is 6.41. The van der Waals surface area contributed by atoms with Crippen LogP contribution in [0.3, 0.4) is 0 Å². The smallest absolute Gasteiger partial charge is 0.296 e. The number of carbonyl (C=O) groups is 2. The van der Waals surface area contributed by atoms with Crippen LogP contribution in [0.4, 0.5) is 11.4 Å². The number of hydrogen-bond acceptors (Lipinski definition) is 5. The SMILES string of the molecule is CNc1ccc(NC(=O)c2ccc(C(C)=O)cc2)c(S(=O)(=O)O)c1. The van der Waals surface area contributed by atoms with Crippen LogP contribution in [-0.2, 0) is 10.1 Å². The van der Waals surface area contributed by atoms with Gasteiger partial charge in [-0.2, -0.15) is 8.42 Å². The van der Waals surface area contributed by atoms with E-state index in [1.165, 1.54) is 43.3 Å². The summed E-state index contributed by atoms with van der Waals surface area (Å²) < 4.78 is 32.3. The number of carbonyl (C=O) groups excluding carboxylic acids is 2. The van der Waals surface area contributed by atoms with Crippen LogP contribution in [0.2, 0.25) is 0 Å². The molecule has 8 heteroatoms. The first-order chi connectivity index (χ1) is 11.2. The molecule has 24 heavy (non-hydrogen) atoms. The lowest BCUT2D eigenvalue weighted by Crippen LogP contribution is -2.15. The summed E-state index contributed by atoms with van der Waals surface area (Å²) in [6.07, 6.45) is 0. The number of Topliss-reactive ketones (excluding diaryl/α,β-unsaturated/α-hetero) is 1. The molecular formula is C16H16N2O5S. The highest BCUT2D eigenvalue weighted by Crippen LogP contribution is 2.25. The fourth-order valence-corrected chi connectivity index (χ4v) is 2.72. The molecule has 0 aliphatic rings. The van der Waals surface area contributed by atoms with Gasteiger partial charge in [0.05, 0.1) is 5.69 Å². The molecular weight excluding hydrogens is 332 g/mol. The lowest BCUT2D eigenvalue weighted by molar-refractivity contribution is 0.100. The largest absolute Gasteiger partial charge is 0.388 e. The normalized spacial score (nSPS) is 11.0. The first-order valence-corrected chi connectivity index (χ1v) is 8.38. The fourth-order valence-electron chi connectivity index (χ4n) is 2.05. The van der Waals surface area contributed by atoms with Crippen LogP contribution in [0.1, 0.15) is 27.6 Å². The molecule has 0 spiro atoms. The van der Waals surface area contributed by atoms with Crippen molar-refractivity contribution < 1.29 is 22.6 Å². The number of nitrogens with one attached hydrogen (secondary N) is 2. The average molecular weight is 348 g/mol. The van der Waals surface area contributed by atoms with Gasteiger partial charge in [-0.1, -0.05) is 12.1 Å². The molecule has 0 radical (unpaired) electrons. The summed E-state index contributed by atoms with van der Waals surface area (Å²) in [6, 6.07) is 10.1. The molecule has 0 saturated heterocycles. The molecule has 3 N–H and O–H groups in total. The summed E-state index contributed by atoms with van der Waals surface area (Å²) in [7, 11) is -2.92. The quantitative estimate of drug-likeness (QED) is 0.565. The zero-order chi connectivity index (χ0) is 17.9. The predicted molar refractivity (Wildman–Crippen MR) is 90.2 cm³/mol. The Balaban J connectivity index is 2.33. The number of amides is 1. The minimum Gasteiger partial charge on any atom is -0.388 e. The Hall–Kier alpha value is -2.71. The summed E-state index contributed by atoms with van der Waals surface area (Å²) in [5.41, 5.74) is 1.13. The maximum atomic E-state index is 12.2. The monoisotopic (exact) mass is 348 g/mol. The van der Waals surface area contributed by atoms with Crippen molar-refractivity contribution in [3.8, 4) is 0 Å². The van der Waals surface area contributed by atoms with Gasteiger partial charge in [-0.05, 0) is 37.3 Å². The molecule has 0 fully saturated rings. The van der Waals surface area contributed by atoms with Crippen LogP contribution in [0.5, 0.6) is 0 Å². The van der Waals surface area contributed by atoms with E-state index in [1.54, 1.807) is 13.1 Å². The zero-order valence-corrected chi connectivity index (χ0v) is 13.8. The minimum absolute atomic E-state index is 0.0443. The van der Waals surface area contributed by atoms with Gasteiger partial charge < -0.3 is 10.6 Å². The van der Waals surface area contributed by atoms with Crippen LogP contribution in [0.25, 0.3) is 0 Å². The highest BCUT2D eigenvalue weighted by Gasteiger charge is 2.18. The first kappa shape index (κ1) is 17.6. The van der Waals surface area contributed by atoms with Crippen molar-refractivity contribution in [1.29, 1.82) is 0 Å². The predicted octanol–water partition coefficient (Wildman–Crippen LogP) is 2.43. The van der Waals surface area contributed by atoms with E-state index < -0.39 is 20.9 Å². The van der Waals surface area contributed by atoms with Gasteiger partial charge in [0, 0.05) is 23.9 Å². The van der Waals surface area contributed by atoms with Gasteiger partial charge >= 0.3 is 0 Å². The zero-order valence-electron chi connectivity index (χ0n) is 13.0. The van der Waals surface area contributed by atoms with E-state index in [4.69, 9.17) is 0 Å². The summed E-state index contributed by atoms with van der Waals surface area (Å²) in [5.74, 6) is -0.689. The number of rotatable bonds is 5. The van der Waals surface area contributed by atoms with Crippen molar-refractivity contribution in [1.82, 2.24) is 0 Å². The maximum Gasteiger partial charge on any atom is 0.296 e. The minimum atomic E-state index is -4.51. The van der Waals surface area contributed by atoms with Crippen LogP contribution < -0.4 is 10.6 Å². The molecule has 0 bridgehead atoms. The van der Waals surface area contributed by atoms with Gasteiger partial charge in [0.15, 0.2) is 5.78 Å². The first-order valence-electron chi connectivity index (χ1n) is 6.94. The van der Waals surface area contributed by atoms with Crippen molar-refractivity contribution in [2.45, 2.75) is 11.8 Å². The van der Waals surface area contributed by atoms with Crippen molar-refractivity contribution >= 4 is 33.2 Å². The third kappa shape index (κ3) is 3.98. The number of ketones is 1. The topological polar surface area (TPSA) is 113 Å². The molecule has 0 aliphatic heterocycles. The Kier molecular flexibility index (Phi) is 5.01. The van der Waals surface area contributed by atoms with Gasteiger partial charge in [-0.25, -0.2) is 0 Å². The Morgan fingerprint density at radius 3 is 2.08 bits per heavy atom. The molecule has 2 rings (SSSR count). The molecule has 1 amide bonds. The molecule has 0 aromatic heterocycles. The molecule has 2 aromatic rings. The highest BCUT2D eigenvalue weighted by atomic mass is 32.2. The molecule has 0 atom stereocenters. The molecule has 0 heterocycles. The summed E-state index contributed by atoms with van der Waals surface area (Å²) >= 11 is 0. The standard InChI is InChI=1S/C16H16N2O5S/c1-10(19)11-3-5-12(6-4-11)16(20)18-14-8-7-13(17-2)9-15(14)24(21,22)23/h3-9,17H,1-2H3,(H,18,20)(H,21,22,23). The lowest BCUT2D eigenvalue weighted by Gasteiger charge is -2.11. The van der Waals surface area contributed by atoms with E-state index in [-0.39, 0.29) is 17.0 Å². The van der Waals surface area contributed by atoms with Gasteiger partial charge in [0.1, 0.15) is 4.90 Å². The Labute approximate surface area is 139 Å². The third-order valence-corrected chi connectivity index (χ3v) is 4.24. The van der Waals surface area contributed by atoms with Crippen LogP contribution in [0.15, 0.2) is 47.4 Å². The van der Waals surface area contributed by atoms with E-state index in [2.05, 4.69) is 10.6 Å². The molecule has 126 valence electrons. The van der Waals surface area contributed by atoms with Crippen molar-refractivity contribution in [2.75, 3.05) is 17.7 Å². The summed E-state index contributed by atoms with van der Waals surface area (Å²) in [5, 5.41) is 5.19. The molecule has 0 saturated carbocycles. The van der Waals surface area contributed by atoms with Crippen molar-refractivity contribution in [3.63, 3.8) is 0 Å². The van der Waals surface area contributed by atoms with Gasteiger partial charge in [-0.15, -0.1) is 0 Å². The molecule has 7 nitrogen and oxygen atoms in total. The summed E-state index contributed by atoms with van der Waals surface area (Å²) in [4.78, 5) is 23.1. The Bertz CT molecular complexity index is 889. The van der Waals surface area contributed by atoms with Gasteiger partial charge in [0.25, 0.3) is 16.0 Å². The number of benzene rings is 2. The highest BCUT2D eigenvalue weighted by molar-refractivity contribution is 7.86. The van der Waals surface area contributed by atoms with Gasteiger partial charge in [0.2, 0.25) is 0 Å². The maximum absolute atomic E-state index is 12.2. The van der Waals surface area contributed by atoms with Crippen LogP contribution in [-0.4, -0.2) is 31.7 Å².